The summed E-state index contributed by atoms with van der Waals surface area (Å²) >= 11 is 0. The van der Waals surface area contributed by atoms with E-state index >= 15 is 0 Å². The smallest absolute Gasteiger partial charge is 0.224 e. The van der Waals surface area contributed by atoms with E-state index in [1.54, 1.807) is 0 Å². The Morgan fingerprint density at radius 3 is 2.67 bits per heavy atom. The first kappa shape index (κ1) is 12.7. The lowest BCUT2D eigenvalue weighted by Crippen LogP contribution is -2.28. The Labute approximate surface area is 106 Å². The number of aryl methyl sites for hydroxylation is 1. The van der Waals surface area contributed by atoms with Crippen LogP contribution >= 0.6 is 0 Å². The number of rotatable bonds is 4. The fourth-order valence-corrected chi connectivity index (χ4v) is 1.85. The highest BCUT2D eigenvalue weighted by molar-refractivity contribution is 5.79. The highest BCUT2D eigenvalue weighted by atomic mass is 16.6. The van der Waals surface area contributed by atoms with Crippen molar-refractivity contribution in [3.8, 4) is 11.5 Å². The van der Waals surface area contributed by atoms with Crippen LogP contribution in [0.3, 0.4) is 0 Å². The summed E-state index contributed by atoms with van der Waals surface area (Å²) in [7, 11) is 0. The van der Waals surface area contributed by atoms with Crippen LogP contribution in [0.5, 0.6) is 11.5 Å². The molecule has 0 saturated heterocycles. The average Bonchev–Trinajstić information content (AvgIpc) is 2.37. The van der Waals surface area contributed by atoms with Crippen molar-refractivity contribution in [3.05, 3.63) is 23.3 Å². The molecule has 0 spiro atoms. The van der Waals surface area contributed by atoms with E-state index in [-0.39, 0.29) is 25.5 Å². The molecule has 1 aromatic carbocycles. The van der Waals surface area contributed by atoms with E-state index in [0.717, 1.165) is 16.9 Å². The molecule has 1 heterocycles. The maximum atomic E-state index is 11.6. The van der Waals surface area contributed by atoms with Gasteiger partial charge in [-0.3, -0.25) is 4.79 Å². The van der Waals surface area contributed by atoms with Crippen LogP contribution in [0.4, 0.5) is 0 Å². The normalized spacial score (nSPS) is 13.2. The Kier molecular flexibility index (Phi) is 4.04. The number of hydrogen-bond donors (Lipinski definition) is 2. The molecule has 2 rings (SSSR count). The second kappa shape index (κ2) is 5.73. The van der Waals surface area contributed by atoms with E-state index in [1.807, 2.05) is 19.1 Å². The van der Waals surface area contributed by atoms with Gasteiger partial charge in [-0.25, -0.2) is 0 Å². The predicted molar refractivity (Wildman–Crippen MR) is 66.0 cm³/mol. The van der Waals surface area contributed by atoms with Crippen LogP contribution in [0.2, 0.25) is 0 Å². The van der Waals surface area contributed by atoms with Gasteiger partial charge in [-0.1, -0.05) is 0 Å². The number of amides is 1. The number of aliphatic hydroxyl groups is 1. The number of nitrogens with one attached hydrogen (secondary N) is 1. The zero-order valence-electron chi connectivity index (χ0n) is 10.4. The standard InChI is InChI=1S/C13H17NO4/c1-9-6-11-12(18-5-4-17-11)7-10(9)8-13(16)14-2-3-15/h6-7,15H,2-5,8H2,1H3,(H,14,16). The molecule has 1 aliphatic heterocycles. The summed E-state index contributed by atoms with van der Waals surface area (Å²) in [5, 5.41) is 11.3. The summed E-state index contributed by atoms with van der Waals surface area (Å²) in [6.07, 6.45) is 0.280. The Bertz CT molecular complexity index is 445. The Balaban J connectivity index is 2.10. The van der Waals surface area contributed by atoms with Crippen LogP contribution in [0.15, 0.2) is 12.1 Å². The van der Waals surface area contributed by atoms with Gasteiger partial charge in [0.1, 0.15) is 13.2 Å². The maximum absolute atomic E-state index is 11.6. The van der Waals surface area contributed by atoms with Crippen molar-refractivity contribution in [3.63, 3.8) is 0 Å². The fraction of sp³-hybridized carbons (Fsp3) is 0.462. The Morgan fingerprint density at radius 1 is 1.33 bits per heavy atom. The zero-order chi connectivity index (χ0) is 13.0. The van der Waals surface area contributed by atoms with Gasteiger partial charge in [-0.2, -0.15) is 0 Å². The van der Waals surface area contributed by atoms with Gasteiger partial charge in [-0.05, 0) is 30.2 Å². The van der Waals surface area contributed by atoms with Gasteiger partial charge in [-0.15, -0.1) is 0 Å². The molecule has 5 heteroatoms. The molecular formula is C13H17NO4. The van der Waals surface area contributed by atoms with Crippen molar-refractivity contribution in [2.45, 2.75) is 13.3 Å². The molecule has 2 N–H and O–H groups in total. The lowest BCUT2D eigenvalue weighted by Gasteiger charge is -2.20. The SMILES string of the molecule is Cc1cc2c(cc1CC(=O)NCCO)OCCO2. The van der Waals surface area contributed by atoms with Crippen LogP contribution in [-0.2, 0) is 11.2 Å². The minimum Gasteiger partial charge on any atom is -0.486 e. The lowest BCUT2D eigenvalue weighted by atomic mass is 10.0. The summed E-state index contributed by atoms with van der Waals surface area (Å²) in [4.78, 5) is 11.6. The van der Waals surface area contributed by atoms with E-state index in [0.29, 0.717) is 19.0 Å². The number of hydrogen-bond acceptors (Lipinski definition) is 4. The van der Waals surface area contributed by atoms with Gasteiger partial charge in [0.15, 0.2) is 11.5 Å². The van der Waals surface area contributed by atoms with Crippen molar-refractivity contribution >= 4 is 5.91 Å². The van der Waals surface area contributed by atoms with E-state index in [1.165, 1.54) is 0 Å². The van der Waals surface area contributed by atoms with Gasteiger partial charge in [0.25, 0.3) is 0 Å². The molecule has 0 aliphatic carbocycles. The molecule has 0 fully saturated rings. The van der Waals surface area contributed by atoms with Crippen molar-refractivity contribution < 1.29 is 19.4 Å². The van der Waals surface area contributed by atoms with Gasteiger partial charge in [0, 0.05) is 6.54 Å². The van der Waals surface area contributed by atoms with E-state index < -0.39 is 0 Å². The largest absolute Gasteiger partial charge is 0.486 e. The van der Waals surface area contributed by atoms with Crippen LogP contribution in [0.25, 0.3) is 0 Å². The number of carbonyl (C=O) groups excluding carboxylic acids is 1. The molecule has 1 amide bonds. The predicted octanol–water partition coefficient (Wildman–Crippen LogP) is 0.417. The third-order valence-electron chi connectivity index (χ3n) is 2.79. The van der Waals surface area contributed by atoms with Gasteiger partial charge in [0.05, 0.1) is 13.0 Å². The zero-order valence-corrected chi connectivity index (χ0v) is 10.4. The van der Waals surface area contributed by atoms with Crippen molar-refractivity contribution in [2.24, 2.45) is 0 Å². The summed E-state index contributed by atoms with van der Waals surface area (Å²) in [5.41, 5.74) is 1.91. The van der Waals surface area contributed by atoms with Crippen molar-refractivity contribution in [2.75, 3.05) is 26.4 Å². The summed E-state index contributed by atoms with van der Waals surface area (Å²) in [6.45, 7) is 3.26. The lowest BCUT2D eigenvalue weighted by molar-refractivity contribution is -0.120. The molecule has 0 aromatic heterocycles. The molecule has 18 heavy (non-hydrogen) atoms. The van der Waals surface area contributed by atoms with Crippen LogP contribution in [0.1, 0.15) is 11.1 Å². The molecule has 0 atom stereocenters. The molecule has 5 nitrogen and oxygen atoms in total. The van der Waals surface area contributed by atoms with Crippen LogP contribution < -0.4 is 14.8 Å². The average molecular weight is 251 g/mol. The third-order valence-corrected chi connectivity index (χ3v) is 2.79. The molecule has 1 aliphatic rings. The molecule has 0 unspecified atom stereocenters. The van der Waals surface area contributed by atoms with Gasteiger partial charge >= 0.3 is 0 Å². The highest BCUT2D eigenvalue weighted by Gasteiger charge is 2.15. The van der Waals surface area contributed by atoms with Crippen LogP contribution in [-0.4, -0.2) is 37.4 Å². The number of ether oxygens (including phenoxy) is 2. The van der Waals surface area contributed by atoms with Gasteiger partial charge < -0.3 is 19.9 Å². The van der Waals surface area contributed by atoms with E-state index in [4.69, 9.17) is 14.6 Å². The second-order valence-corrected chi connectivity index (χ2v) is 4.17. The first-order valence-electron chi connectivity index (χ1n) is 5.97. The number of carbonyl (C=O) groups is 1. The molecule has 1 aromatic rings. The first-order chi connectivity index (χ1) is 8.70. The minimum atomic E-state index is -0.108. The molecule has 98 valence electrons. The molecule has 0 radical (unpaired) electrons. The molecule has 0 bridgehead atoms. The fourth-order valence-electron chi connectivity index (χ4n) is 1.85. The second-order valence-electron chi connectivity index (χ2n) is 4.17. The maximum Gasteiger partial charge on any atom is 0.224 e. The molecular weight excluding hydrogens is 234 g/mol. The Morgan fingerprint density at radius 2 is 2.00 bits per heavy atom. The van der Waals surface area contributed by atoms with Crippen molar-refractivity contribution in [1.82, 2.24) is 5.32 Å². The summed E-state index contributed by atoms with van der Waals surface area (Å²) in [6, 6.07) is 3.74. The van der Waals surface area contributed by atoms with Crippen LogP contribution in [0, 0.1) is 6.92 Å². The summed E-state index contributed by atoms with van der Waals surface area (Å²) < 4.78 is 11.0. The number of fused-ring (bicyclic) bond motifs is 1. The highest BCUT2D eigenvalue weighted by Crippen LogP contribution is 2.33. The van der Waals surface area contributed by atoms with E-state index in [2.05, 4.69) is 5.32 Å². The molecule has 0 saturated carbocycles. The van der Waals surface area contributed by atoms with Crippen molar-refractivity contribution in [1.29, 1.82) is 0 Å². The number of aliphatic hydroxyl groups excluding tert-OH is 1. The van der Waals surface area contributed by atoms with Gasteiger partial charge in [0.2, 0.25) is 5.91 Å². The monoisotopic (exact) mass is 251 g/mol. The Hall–Kier alpha value is -1.75. The number of benzene rings is 1. The summed E-state index contributed by atoms with van der Waals surface area (Å²) in [5.74, 6) is 1.32. The topological polar surface area (TPSA) is 67.8 Å². The first-order valence-corrected chi connectivity index (χ1v) is 5.97. The van der Waals surface area contributed by atoms with E-state index in [9.17, 15) is 4.79 Å². The minimum absolute atomic E-state index is 0.0497. The third kappa shape index (κ3) is 2.92. The quantitative estimate of drug-likeness (QED) is 0.813.